The molecular formula is C9H7Cl2N3O2S. The van der Waals surface area contributed by atoms with Crippen molar-refractivity contribution in [3.8, 4) is 5.69 Å². The Labute approximate surface area is 108 Å². The number of hydrogen-bond donors (Lipinski definition) is 1. The van der Waals surface area contributed by atoms with Gasteiger partial charge >= 0.3 is 0 Å². The molecule has 2 aromatic rings. The predicted octanol–water partition coefficient (Wildman–Crippen LogP) is 1.83. The molecule has 1 heterocycles. The zero-order valence-electron chi connectivity index (χ0n) is 8.34. The second kappa shape index (κ2) is 4.30. The van der Waals surface area contributed by atoms with Gasteiger partial charge < -0.3 is 0 Å². The second-order valence-electron chi connectivity index (χ2n) is 3.22. The summed E-state index contributed by atoms with van der Waals surface area (Å²) in [5.41, 5.74) is 0.394. The summed E-state index contributed by atoms with van der Waals surface area (Å²) in [5.74, 6) is 0. The van der Waals surface area contributed by atoms with Crippen LogP contribution in [0.5, 0.6) is 0 Å². The largest absolute Gasteiger partial charge is 0.255 e. The van der Waals surface area contributed by atoms with Gasteiger partial charge in [0.25, 0.3) is 10.0 Å². The Bertz CT molecular complexity index is 667. The third kappa shape index (κ3) is 2.44. The number of rotatable bonds is 2. The third-order valence-corrected chi connectivity index (χ3v) is 3.47. The molecule has 0 aliphatic carbocycles. The monoisotopic (exact) mass is 291 g/mol. The minimum atomic E-state index is -3.86. The molecular weight excluding hydrogens is 285 g/mol. The van der Waals surface area contributed by atoms with E-state index in [1.165, 1.54) is 18.3 Å². The van der Waals surface area contributed by atoms with Crippen molar-refractivity contribution < 1.29 is 8.42 Å². The maximum atomic E-state index is 11.3. The van der Waals surface area contributed by atoms with Crippen molar-refractivity contribution in [1.29, 1.82) is 0 Å². The van der Waals surface area contributed by atoms with Crippen LogP contribution >= 0.6 is 23.2 Å². The standard InChI is InChI=1S/C9H7Cl2N3O2S/c10-6-1-2-8(7(11)5-6)14-9(3-4-13-14)17(12,15)16/h1-5H,(H2,12,15,16). The Kier molecular flexibility index (Phi) is 3.13. The minimum Gasteiger partial charge on any atom is -0.223 e. The number of halogens is 2. The number of hydrogen-bond acceptors (Lipinski definition) is 3. The molecule has 0 unspecified atom stereocenters. The highest BCUT2D eigenvalue weighted by atomic mass is 35.5. The highest BCUT2D eigenvalue weighted by Gasteiger charge is 2.17. The molecule has 0 atom stereocenters. The molecule has 0 saturated heterocycles. The van der Waals surface area contributed by atoms with Crippen molar-refractivity contribution in [3.05, 3.63) is 40.5 Å². The maximum Gasteiger partial charge on any atom is 0.255 e. The molecule has 17 heavy (non-hydrogen) atoms. The van der Waals surface area contributed by atoms with Crippen LogP contribution in [0.3, 0.4) is 0 Å². The first-order valence-electron chi connectivity index (χ1n) is 4.42. The Morgan fingerprint density at radius 2 is 1.94 bits per heavy atom. The van der Waals surface area contributed by atoms with E-state index < -0.39 is 10.0 Å². The summed E-state index contributed by atoms with van der Waals surface area (Å²) in [6, 6.07) is 5.93. The van der Waals surface area contributed by atoms with Gasteiger partial charge in [0.15, 0.2) is 5.03 Å². The van der Waals surface area contributed by atoms with Crippen LogP contribution in [-0.2, 0) is 10.0 Å². The smallest absolute Gasteiger partial charge is 0.223 e. The fraction of sp³-hybridized carbons (Fsp3) is 0. The summed E-state index contributed by atoms with van der Waals surface area (Å²) in [7, 11) is -3.86. The number of nitrogens with two attached hydrogens (primary N) is 1. The van der Waals surface area contributed by atoms with Crippen LogP contribution in [-0.4, -0.2) is 18.2 Å². The van der Waals surface area contributed by atoms with Crippen LogP contribution in [0.1, 0.15) is 0 Å². The molecule has 90 valence electrons. The summed E-state index contributed by atoms with van der Waals surface area (Å²) >= 11 is 11.7. The molecule has 2 rings (SSSR count). The van der Waals surface area contributed by atoms with E-state index in [2.05, 4.69) is 5.10 Å². The molecule has 0 bridgehead atoms. The number of aromatic nitrogens is 2. The Morgan fingerprint density at radius 3 is 2.53 bits per heavy atom. The van der Waals surface area contributed by atoms with Crippen molar-refractivity contribution >= 4 is 33.2 Å². The number of nitrogens with zero attached hydrogens (tertiary/aromatic N) is 2. The number of primary sulfonamides is 1. The summed E-state index contributed by atoms with van der Waals surface area (Å²) in [4.78, 5) is 0. The fourth-order valence-corrected chi connectivity index (χ4v) is 2.47. The molecule has 1 aromatic heterocycles. The first kappa shape index (κ1) is 12.4. The molecule has 5 nitrogen and oxygen atoms in total. The molecule has 0 aliphatic rings. The third-order valence-electron chi connectivity index (χ3n) is 2.04. The average Bonchev–Trinajstić information content (AvgIpc) is 2.65. The van der Waals surface area contributed by atoms with Crippen molar-refractivity contribution in [1.82, 2.24) is 9.78 Å². The van der Waals surface area contributed by atoms with Gasteiger partial charge in [0.05, 0.1) is 16.9 Å². The lowest BCUT2D eigenvalue weighted by atomic mass is 10.3. The van der Waals surface area contributed by atoms with Gasteiger partial charge in [0, 0.05) is 5.02 Å². The summed E-state index contributed by atoms with van der Waals surface area (Å²) < 4.78 is 23.8. The van der Waals surface area contributed by atoms with Crippen molar-refractivity contribution in [2.45, 2.75) is 5.03 Å². The molecule has 0 saturated carbocycles. The van der Waals surface area contributed by atoms with Crippen molar-refractivity contribution in [3.63, 3.8) is 0 Å². The topological polar surface area (TPSA) is 78.0 Å². The van der Waals surface area contributed by atoms with Gasteiger partial charge in [-0.05, 0) is 24.3 Å². The molecule has 0 aliphatic heterocycles. The quantitative estimate of drug-likeness (QED) is 0.917. The van der Waals surface area contributed by atoms with E-state index in [1.807, 2.05) is 0 Å². The first-order chi connectivity index (χ1) is 7.89. The minimum absolute atomic E-state index is 0.137. The predicted molar refractivity (Wildman–Crippen MR) is 65.0 cm³/mol. The van der Waals surface area contributed by atoms with E-state index in [1.54, 1.807) is 12.1 Å². The van der Waals surface area contributed by atoms with Gasteiger partial charge in [-0.1, -0.05) is 23.2 Å². The molecule has 0 fully saturated rings. The van der Waals surface area contributed by atoms with Gasteiger partial charge in [-0.15, -0.1) is 0 Å². The van der Waals surface area contributed by atoms with E-state index in [0.29, 0.717) is 10.7 Å². The Hall–Kier alpha value is -1.08. The van der Waals surface area contributed by atoms with Crippen LogP contribution in [0.4, 0.5) is 0 Å². The first-order valence-corrected chi connectivity index (χ1v) is 6.72. The Morgan fingerprint density at radius 1 is 1.24 bits per heavy atom. The number of sulfonamides is 1. The van der Waals surface area contributed by atoms with Crippen LogP contribution in [0.2, 0.25) is 10.0 Å². The summed E-state index contributed by atoms with van der Waals surface area (Å²) in [6.45, 7) is 0. The van der Waals surface area contributed by atoms with Crippen molar-refractivity contribution in [2.24, 2.45) is 5.14 Å². The van der Waals surface area contributed by atoms with Crippen LogP contribution in [0.15, 0.2) is 35.5 Å². The summed E-state index contributed by atoms with van der Waals surface area (Å²) in [6.07, 6.45) is 1.32. The molecule has 0 radical (unpaired) electrons. The van der Waals surface area contributed by atoms with Crippen LogP contribution < -0.4 is 5.14 Å². The Balaban J connectivity index is 2.66. The zero-order valence-corrected chi connectivity index (χ0v) is 10.7. The van der Waals surface area contributed by atoms with Gasteiger partial charge in [0.1, 0.15) is 0 Å². The SMILES string of the molecule is NS(=O)(=O)c1ccnn1-c1ccc(Cl)cc1Cl. The number of benzene rings is 1. The molecule has 0 spiro atoms. The lowest BCUT2D eigenvalue weighted by Gasteiger charge is -2.07. The average molecular weight is 292 g/mol. The normalized spacial score (nSPS) is 11.7. The molecule has 8 heteroatoms. The van der Waals surface area contributed by atoms with E-state index in [4.69, 9.17) is 28.3 Å². The van der Waals surface area contributed by atoms with E-state index in [9.17, 15) is 8.42 Å². The molecule has 1 aromatic carbocycles. The highest BCUT2D eigenvalue weighted by molar-refractivity contribution is 7.89. The van der Waals surface area contributed by atoms with E-state index >= 15 is 0 Å². The molecule has 2 N–H and O–H groups in total. The highest BCUT2D eigenvalue weighted by Crippen LogP contribution is 2.25. The lowest BCUT2D eigenvalue weighted by Crippen LogP contribution is -2.17. The maximum absolute atomic E-state index is 11.3. The fourth-order valence-electron chi connectivity index (χ4n) is 1.34. The summed E-state index contributed by atoms with van der Waals surface area (Å²) in [5, 5.41) is 9.53. The zero-order chi connectivity index (χ0) is 12.6. The van der Waals surface area contributed by atoms with E-state index in [0.717, 1.165) is 4.68 Å². The molecule has 0 amide bonds. The van der Waals surface area contributed by atoms with Crippen LogP contribution in [0, 0.1) is 0 Å². The van der Waals surface area contributed by atoms with Gasteiger partial charge in [-0.25, -0.2) is 18.2 Å². The van der Waals surface area contributed by atoms with Gasteiger partial charge in [0.2, 0.25) is 0 Å². The lowest BCUT2D eigenvalue weighted by molar-refractivity contribution is 0.587. The van der Waals surface area contributed by atoms with Crippen molar-refractivity contribution in [2.75, 3.05) is 0 Å². The second-order valence-corrected chi connectivity index (χ2v) is 5.57. The van der Waals surface area contributed by atoms with Gasteiger partial charge in [-0.2, -0.15) is 5.10 Å². The van der Waals surface area contributed by atoms with Gasteiger partial charge in [-0.3, -0.25) is 0 Å². The van der Waals surface area contributed by atoms with E-state index in [-0.39, 0.29) is 10.0 Å². The van der Waals surface area contributed by atoms with Crippen LogP contribution in [0.25, 0.3) is 5.69 Å².